The van der Waals surface area contributed by atoms with Crippen LogP contribution < -0.4 is 10.1 Å². The smallest absolute Gasteiger partial charge is 0.263 e. The fourth-order valence-corrected chi connectivity index (χ4v) is 5.18. The summed E-state index contributed by atoms with van der Waals surface area (Å²) in [7, 11) is 0. The molecule has 0 radical (unpaired) electrons. The number of hydrogen-bond acceptors (Lipinski definition) is 4. The second-order valence-electron chi connectivity index (χ2n) is 9.12. The van der Waals surface area contributed by atoms with Crippen LogP contribution in [0.1, 0.15) is 55.5 Å². The molecule has 2 aliphatic rings. The molecule has 4 rings (SSSR count). The van der Waals surface area contributed by atoms with E-state index in [0.29, 0.717) is 39.8 Å². The maximum absolute atomic E-state index is 13.2. The van der Waals surface area contributed by atoms with Crippen LogP contribution in [-0.2, 0) is 4.79 Å². The monoisotopic (exact) mass is 485 g/mol. The lowest BCUT2D eigenvalue weighted by atomic mass is 9.95. The van der Waals surface area contributed by atoms with Crippen molar-refractivity contribution in [3.05, 3.63) is 63.6 Å². The normalized spacial score (nSPS) is 21.9. The highest BCUT2D eigenvalue weighted by Crippen LogP contribution is 2.37. The van der Waals surface area contributed by atoms with Gasteiger partial charge in [0, 0.05) is 28.7 Å². The van der Waals surface area contributed by atoms with Crippen LogP contribution in [0.5, 0.6) is 5.75 Å². The van der Waals surface area contributed by atoms with Gasteiger partial charge in [-0.3, -0.25) is 9.59 Å². The van der Waals surface area contributed by atoms with E-state index in [1.165, 1.54) is 0 Å². The van der Waals surface area contributed by atoms with Gasteiger partial charge in [0.1, 0.15) is 5.75 Å². The molecule has 0 spiro atoms. The zero-order chi connectivity index (χ0) is 23.8. The lowest BCUT2D eigenvalue weighted by Crippen LogP contribution is -2.56. The van der Waals surface area contributed by atoms with Crippen molar-refractivity contribution in [1.29, 1.82) is 5.26 Å². The molecule has 0 saturated carbocycles. The largest absolute Gasteiger partial charge is 0.476 e. The van der Waals surface area contributed by atoms with E-state index in [4.69, 9.17) is 33.2 Å². The van der Waals surface area contributed by atoms with Crippen molar-refractivity contribution in [3.63, 3.8) is 0 Å². The molecule has 8 heteroatoms. The predicted molar refractivity (Wildman–Crippen MR) is 126 cm³/mol. The molecule has 2 saturated heterocycles. The number of benzene rings is 2. The van der Waals surface area contributed by atoms with Crippen LogP contribution in [0.25, 0.3) is 0 Å². The molecular formula is C25H25Cl2N3O3. The van der Waals surface area contributed by atoms with Gasteiger partial charge < -0.3 is 15.0 Å². The molecule has 2 amide bonds. The number of halogens is 2. The average Bonchev–Trinajstić information content (AvgIpc) is 3.05. The Kier molecular flexibility index (Phi) is 6.56. The summed E-state index contributed by atoms with van der Waals surface area (Å²) in [5.41, 5.74) is -0.137. The number of nitrogens with zero attached hydrogens (tertiary/aromatic N) is 2. The van der Waals surface area contributed by atoms with E-state index in [1.54, 1.807) is 56.3 Å². The summed E-state index contributed by atoms with van der Waals surface area (Å²) in [6.45, 7) is 3.39. The fourth-order valence-electron chi connectivity index (χ4n) is 4.74. The molecule has 3 atom stereocenters. The maximum atomic E-state index is 13.2. The SMILES string of the molecule is CC(C)(Oc1ccc(Cl)cc1Cl)C(=O)NC1C[C@H]2CC[C@@H](C1)N2C(=O)c1cccc(C#N)c1. The number of hydrogen-bond donors (Lipinski definition) is 1. The third-order valence-electron chi connectivity index (χ3n) is 6.35. The van der Waals surface area contributed by atoms with E-state index < -0.39 is 5.60 Å². The minimum absolute atomic E-state index is 0.0481. The summed E-state index contributed by atoms with van der Waals surface area (Å²) in [4.78, 5) is 28.1. The highest BCUT2D eigenvalue weighted by molar-refractivity contribution is 6.35. The van der Waals surface area contributed by atoms with Gasteiger partial charge in [0.05, 0.1) is 16.7 Å². The number of fused-ring (bicyclic) bond motifs is 2. The van der Waals surface area contributed by atoms with E-state index in [2.05, 4.69) is 11.4 Å². The molecule has 2 aliphatic heterocycles. The van der Waals surface area contributed by atoms with Gasteiger partial charge >= 0.3 is 0 Å². The molecule has 2 fully saturated rings. The first kappa shape index (κ1) is 23.4. The van der Waals surface area contributed by atoms with Crippen LogP contribution in [0.3, 0.4) is 0 Å². The van der Waals surface area contributed by atoms with Crippen LogP contribution in [0, 0.1) is 11.3 Å². The minimum Gasteiger partial charge on any atom is -0.476 e. The van der Waals surface area contributed by atoms with Crippen molar-refractivity contribution in [2.24, 2.45) is 0 Å². The number of nitrogens with one attached hydrogen (secondary N) is 1. The van der Waals surface area contributed by atoms with Gasteiger partial charge in [-0.15, -0.1) is 0 Å². The van der Waals surface area contributed by atoms with Crippen LogP contribution in [-0.4, -0.2) is 40.4 Å². The Hall–Kier alpha value is -2.75. The van der Waals surface area contributed by atoms with E-state index in [9.17, 15) is 9.59 Å². The van der Waals surface area contributed by atoms with Gasteiger partial charge in [0.2, 0.25) is 0 Å². The molecule has 0 aliphatic carbocycles. The number of carbonyl (C=O) groups is 2. The molecule has 172 valence electrons. The molecule has 2 bridgehead atoms. The highest BCUT2D eigenvalue weighted by Gasteiger charge is 2.45. The minimum atomic E-state index is -1.14. The fraction of sp³-hybridized carbons (Fsp3) is 0.400. The lowest BCUT2D eigenvalue weighted by Gasteiger charge is -2.40. The van der Waals surface area contributed by atoms with Crippen LogP contribution >= 0.6 is 23.2 Å². The van der Waals surface area contributed by atoms with Gasteiger partial charge in [0.15, 0.2) is 5.60 Å². The molecule has 6 nitrogen and oxygen atoms in total. The van der Waals surface area contributed by atoms with Gasteiger partial charge in [-0.2, -0.15) is 5.26 Å². The lowest BCUT2D eigenvalue weighted by molar-refractivity contribution is -0.135. The molecule has 1 unspecified atom stereocenters. The molecule has 1 N–H and O–H groups in total. The summed E-state index contributed by atoms with van der Waals surface area (Å²) in [5.74, 6) is 0.103. The molecule has 2 aromatic carbocycles. The number of piperidine rings is 1. The van der Waals surface area contributed by atoms with Gasteiger partial charge in [-0.05, 0) is 75.9 Å². The van der Waals surface area contributed by atoms with Crippen molar-refractivity contribution in [3.8, 4) is 11.8 Å². The first-order valence-electron chi connectivity index (χ1n) is 11.0. The van der Waals surface area contributed by atoms with Crippen molar-refractivity contribution in [2.45, 2.75) is 63.3 Å². The zero-order valence-corrected chi connectivity index (χ0v) is 20.0. The quantitative estimate of drug-likeness (QED) is 0.647. The Morgan fingerprint density at radius 2 is 1.82 bits per heavy atom. The zero-order valence-electron chi connectivity index (χ0n) is 18.5. The van der Waals surface area contributed by atoms with Crippen molar-refractivity contribution < 1.29 is 14.3 Å². The topological polar surface area (TPSA) is 82.4 Å². The van der Waals surface area contributed by atoms with Crippen LogP contribution in [0.4, 0.5) is 0 Å². The first-order chi connectivity index (χ1) is 15.7. The Morgan fingerprint density at radius 3 is 2.45 bits per heavy atom. The second-order valence-corrected chi connectivity index (χ2v) is 9.96. The second kappa shape index (κ2) is 9.24. The highest BCUT2D eigenvalue weighted by atomic mass is 35.5. The molecular weight excluding hydrogens is 461 g/mol. The summed E-state index contributed by atoms with van der Waals surface area (Å²) in [5, 5.41) is 13.1. The summed E-state index contributed by atoms with van der Waals surface area (Å²) >= 11 is 12.1. The maximum Gasteiger partial charge on any atom is 0.263 e. The summed E-state index contributed by atoms with van der Waals surface area (Å²) in [6, 6.07) is 13.8. The number of carbonyl (C=O) groups excluding carboxylic acids is 2. The predicted octanol–water partition coefficient (Wildman–Crippen LogP) is 4.97. The Labute approximate surface area is 203 Å². The number of nitriles is 1. The third-order valence-corrected chi connectivity index (χ3v) is 6.88. The number of ether oxygens (including phenoxy) is 1. The summed E-state index contributed by atoms with van der Waals surface area (Å²) in [6.07, 6.45) is 3.18. The summed E-state index contributed by atoms with van der Waals surface area (Å²) < 4.78 is 5.91. The molecule has 2 heterocycles. The van der Waals surface area contributed by atoms with Crippen LogP contribution in [0.2, 0.25) is 10.0 Å². The van der Waals surface area contributed by atoms with Crippen molar-refractivity contribution in [2.75, 3.05) is 0 Å². The van der Waals surface area contributed by atoms with Gasteiger partial charge in [-0.1, -0.05) is 29.3 Å². The number of rotatable bonds is 5. The number of amides is 2. The van der Waals surface area contributed by atoms with Gasteiger partial charge in [-0.25, -0.2) is 0 Å². The Morgan fingerprint density at radius 1 is 1.12 bits per heavy atom. The Balaban J connectivity index is 1.41. The van der Waals surface area contributed by atoms with Gasteiger partial charge in [0.25, 0.3) is 11.8 Å². The standard InChI is InChI=1S/C25H25Cl2N3O3/c1-25(2,33-22-9-6-17(26)11-21(22)27)24(32)29-18-12-19-7-8-20(13-18)30(19)23(31)16-5-3-4-15(10-16)14-28/h3-6,9-11,18-20H,7-8,12-13H2,1-2H3,(H,29,32)/t18?,19-,20+. The van der Waals surface area contributed by atoms with Crippen molar-refractivity contribution in [1.82, 2.24) is 10.2 Å². The molecule has 2 aromatic rings. The van der Waals surface area contributed by atoms with Crippen molar-refractivity contribution >= 4 is 35.0 Å². The third kappa shape index (κ3) is 4.95. The van der Waals surface area contributed by atoms with E-state index in [-0.39, 0.29) is 29.9 Å². The van der Waals surface area contributed by atoms with E-state index in [0.717, 1.165) is 12.8 Å². The van der Waals surface area contributed by atoms with E-state index >= 15 is 0 Å². The first-order valence-corrected chi connectivity index (χ1v) is 11.7. The Bertz CT molecular complexity index is 1110. The van der Waals surface area contributed by atoms with Crippen LogP contribution in [0.15, 0.2) is 42.5 Å². The molecule has 0 aromatic heterocycles. The average molecular weight is 486 g/mol. The molecule has 33 heavy (non-hydrogen) atoms. The van der Waals surface area contributed by atoms with E-state index in [1.807, 2.05) is 4.90 Å².